The predicted octanol–water partition coefficient (Wildman–Crippen LogP) is 1.62. The van der Waals surface area contributed by atoms with Gasteiger partial charge in [0.05, 0.1) is 12.5 Å². The van der Waals surface area contributed by atoms with E-state index < -0.39 is 5.97 Å². The van der Waals surface area contributed by atoms with Crippen molar-refractivity contribution in [2.24, 2.45) is 5.92 Å². The molecule has 2 unspecified atom stereocenters. The van der Waals surface area contributed by atoms with E-state index in [0.29, 0.717) is 11.9 Å². The Morgan fingerprint density at radius 1 is 1.62 bits per heavy atom. The second-order valence-electron chi connectivity index (χ2n) is 3.28. The fraction of sp³-hybridized carbons (Fsp3) is 0.889. The smallest absolute Gasteiger partial charge is 0.307 e. The first kappa shape index (κ1) is 10.9. The Morgan fingerprint density at radius 2 is 2.38 bits per heavy atom. The molecule has 1 saturated carbocycles. The van der Waals surface area contributed by atoms with E-state index in [-0.39, 0.29) is 5.92 Å². The van der Waals surface area contributed by atoms with E-state index in [9.17, 15) is 4.79 Å². The van der Waals surface area contributed by atoms with Crippen LogP contribution < -0.4 is 0 Å². The number of ether oxygens (including phenoxy) is 1. The molecular weight excluding hydrogens is 188 g/mol. The van der Waals surface area contributed by atoms with Crippen molar-refractivity contribution in [2.75, 3.05) is 19.5 Å². The van der Waals surface area contributed by atoms with Gasteiger partial charge in [0.15, 0.2) is 0 Å². The van der Waals surface area contributed by atoms with Crippen LogP contribution >= 0.6 is 11.8 Å². The first-order valence-corrected chi connectivity index (χ1v) is 5.64. The van der Waals surface area contributed by atoms with Gasteiger partial charge in [0, 0.05) is 18.1 Å². The molecule has 1 rings (SSSR count). The zero-order valence-corrected chi connectivity index (χ0v) is 8.68. The number of aliphatic carboxylic acids is 1. The molecule has 2 atom stereocenters. The molecule has 0 bridgehead atoms. The van der Waals surface area contributed by atoms with Crippen molar-refractivity contribution in [1.29, 1.82) is 0 Å². The van der Waals surface area contributed by atoms with E-state index in [2.05, 4.69) is 0 Å². The fourth-order valence-electron chi connectivity index (χ4n) is 1.69. The number of carboxylic acid groups (broad SMARTS) is 1. The predicted molar refractivity (Wildman–Crippen MR) is 53.1 cm³/mol. The van der Waals surface area contributed by atoms with Crippen molar-refractivity contribution in [1.82, 2.24) is 0 Å². The second-order valence-corrected chi connectivity index (χ2v) is 4.62. The van der Waals surface area contributed by atoms with Crippen molar-refractivity contribution in [3.63, 3.8) is 0 Å². The molecule has 1 fully saturated rings. The van der Waals surface area contributed by atoms with Crippen molar-refractivity contribution in [3.8, 4) is 0 Å². The Balaban J connectivity index is 2.27. The summed E-state index contributed by atoms with van der Waals surface area (Å²) in [6.45, 7) is 0.716. The minimum Gasteiger partial charge on any atom is -0.481 e. The zero-order chi connectivity index (χ0) is 9.68. The largest absolute Gasteiger partial charge is 0.481 e. The van der Waals surface area contributed by atoms with Crippen LogP contribution in [0.2, 0.25) is 0 Å². The monoisotopic (exact) mass is 204 g/mol. The van der Waals surface area contributed by atoms with Crippen molar-refractivity contribution in [2.45, 2.75) is 24.5 Å². The first-order valence-electron chi connectivity index (χ1n) is 4.59. The Hall–Kier alpha value is -0.220. The summed E-state index contributed by atoms with van der Waals surface area (Å²) < 4.78 is 4.93. The molecule has 0 aliphatic heterocycles. The summed E-state index contributed by atoms with van der Waals surface area (Å²) in [5.74, 6) is 0.152. The topological polar surface area (TPSA) is 46.5 Å². The van der Waals surface area contributed by atoms with Crippen LogP contribution in [0.4, 0.5) is 0 Å². The maximum absolute atomic E-state index is 10.8. The molecule has 0 radical (unpaired) electrons. The zero-order valence-electron chi connectivity index (χ0n) is 7.86. The highest BCUT2D eigenvalue weighted by molar-refractivity contribution is 7.99. The molecule has 0 amide bonds. The third-order valence-electron chi connectivity index (χ3n) is 2.39. The normalized spacial score (nSPS) is 27.8. The van der Waals surface area contributed by atoms with Crippen LogP contribution in [0.5, 0.6) is 0 Å². The molecule has 0 aromatic rings. The van der Waals surface area contributed by atoms with Gasteiger partial charge in [-0.15, -0.1) is 0 Å². The van der Waals surface area contributed by atoms with E-state index in [1.807, 2.05) is 0 Å². The Morgan fingerprint density at radius 3 is 3.00 bits per heavy atom. The Bertz CT molecular complexity index is 172. The molecule has 3 nitrogen and oxygen atoms in total. The Labute approximate surface area is 82.8 Å². The lowest BCUT2D eigenvalue weighted by Crippen LogP contribution is -2.20. The molecule has 4 heteroatoms. The van der Waals surface area contributed by atoms with Crippen molar-refractivity contribution < 1.29 is 14.6 Å². The molecule has 0 aromatic carbocycles. The minimum absolute atomic E-state index is 0.123. The highest BCUT2D eigenvalue weighted by Gasteiger charge is 2.32. The third kappa shape index (κ3) is 3.19. The quantitative estimate of drug-likeness (QED) is 0.691. The highest BCUT2D eigenvalue weighted by atomic mass is 32.2. The highest BCUT2D eigenvalue weighted by Crippen LogP contribution is 2.34. The van der Waals surface area contributed by atoms with Crippen molar-refractivity contribution >= 4 is 17.7 Å². The van der Waals surface area contributed by atoms with E-state index in [0.717, 1.165) is 25.0 Å². The van der Waals surface area contributed by atoms with Gasteiger partial charge in [0.2, 0.25) is 0 Å². The summed E-state index contributed by atoms with van der Waals surface area (Å²) in [6, 6.07) is 0. The van der Waals surface area contributed by atoms with Gasteiger partial charge in [0.25, 0.3) is 0 Å². The maximum Gasteiger partial charge on any atom is 0.307 e. The van der Waals surface area contributed by atoms with Gasteiger partial charge in [-0.3, -0.25) is 4.79 Å². The fourth-order valence-corrected chi connectivity index (χ4v) is 3.07. The summed E-state index contributed by atoms with van der Waals surface area (Å²) in [5, 5.41) is 9.21. The van der Waals surface area contributed by atoms with E-state index >= 15 is 0 Å². The minimum atomic E-state index is -0.632. The van der Waals surface area contributed by atoms with E-state index in [4.69, 9.17) is 9.84 Å². The van der Waals surface area contributed by atoms with Crippen LogP contribution in [-0.4, -0.2) is 35.8 Å². The van der Waals surface area contributed by atoms with Gasteiger partial charge in [-0.2, -0.15) is 11.8 Å². The number of methoxy groups -OCH3 is 1. The first-order chi connectivity index (χ1) is 6.25. The van der Waals surface area contributed by atoms with Crippen LogP contribution in [0.25, 0.3) is 0 Å². The number of rotatable bonds is 5. The lowest BCUT2D eigenvalue weighted by atomic mass is 10.1. The summed E-state index contributed by atoms with van der Waals surface area (Å²) in [6.07, 6.45) is 2.95. The lowest BCUT2D eigenvalue weighted by molar-refractivity contribution is -0.141. The number of hydrogen-bond donors (Lipinski definition) is 1. The summed E-state index contributed by atoms with van der Waals surface area (Å²) in [7, 11) is 1.67. The van der Waals surface area contributed by atoms with Gasteiger partial charge < -0.3 is 9.84 Å². The Kier molecular flexibility index (Phi) is 4.59. The molecule has 1 aliphatic rings. The van der Waals surface area contributed by atoms with Crippen molar-refractivity contribution in [3.05, 3.63) is 0 Å². The maximum atomic E-state index is 10.8. The second kappa shape index (κ2) is 5.50. The average Bonchev–Trinajstić information content (AvgIpc) is 2.53. The van der Waals surface area contributed by atoms with Crippen LogP contribution in [0, 0.1) is 5.92 Å². The molecule has 0 spiro atoms. The van der Waals surface area contributed by atoms with Crippen LogP contribution in [0.15, 0.2) is 0 Å². The van der Waals surface area contributed by atoms with Gasteiger partial charge in [-0.05, 0) is 12.8 Å². The van der Waals surface area contributed by atoms with Crippen LogP contribution in [0.3, 0.4) is 0 Å². The number of hydrogen-bond acceptors (Lipinski definition) is 3. The van der Waals surface area contributed by atoms with E-state index in [1.54, 1.807) is 18.9 Å². The van der Waals surface area contributed by atoms with Gasteiger partial charge in [-0.1, -0.05) is 6.42 Å². The molecule has 1 aliphatic carbocycles. The van der Waals surface area contributed by atoms with Gasteiger partial charge in [0.1, 0.15) is 0 Å². The number of thioether (sulfide) groups is 1. The average molecular weight is 204 g/mol. The molecule has 13 heavy (non-hydrogen) atoms. The molecule has 0 saturated heterocycles. The molecule has 1 N–H and O–H groups in total. The SMILES string of the molecule is COCCSC1CCCC1C(=O)O. The third-order valence-corrected chi connectivity index (χ3v) is 3.78. The summed E-state index contributed by atoms with van der Waals surface area (Å²) in [4.78, 5) is 10.8. The molecular formula is C9H16O3S. The summed E-state index contributed by atoms with van der Waals surface area (Å²) >= 11 is 1.74. The molecule has 0 heterocycles. The van der Waals surface area contributed by atoms with Crippen LogP contribution in [-0.2, 0) is 9.53 Å². The number of carboxylic acids is 1. The molecule has 76 valence electrons. The van der Waals surface area contributed by atoms with Crippen LogP contribution in [0.1, 0.15) is 19.3 Å². The standard InChI is InChI=1S/C9H16O3S/c1-12-5-6-13-8-4-2-3-7(8)9(10)11/h7-8H,2-6H2,1H3,(H,10,11). The van der Waals surface area contributed by atoms with Gasteiger partial charge >= 0.3 is 5.97 Å². The lowest BCUT2D eigenvalue weighted by Gasteiger charge is -2.14. The van der Waals surface area contributed by atoms with Gasteiger partial charge in [-0.25, -0.2) is 0 Å². The number of carbonyl (C=O) groups is 1. The van der Waals surface area contributed by atoms with E-state index in [1.165, 1.54) is 0 Å². The molecule has 0 aromatic heterocycles. The summed E-state index contributed by atoms with van der Waals surface area (Å²) in [5.41, 5.74) is 0.